The van der Waals surface area contributed by atoms with Crippen LogP contribution in [0.4, 0.5) is 5.69 Å². The summed E-state index contributed by atoms with van der Waals surface area (Å²) in [5, 5.41) is 18.4. The monoisotopic (exact) mass is 568 g/mol. The van der Waals surface area contributed by atoms with E-state index in [-0.39, 0.29) is 44.1 Å². The minimum absolute atomic E-state index is 0.0525. The van der Waals surface area contributed by atoms with Gasteiger partial charge in [-0.25, -0.2) is 4.68 Å². The lowest BCUT2D eigenvalue weighted by molar-refractivity contribution is -0.153. The molecular weight excluding hydrogens is 536 g/mol. The molecule has 0 bridgehead atoms. The number of amides is 3. The largest absolute Gasteiger partial charge is 0.395 e. The lowest BCUT2D eigenvalue weighted by atomic mass is 9.73. The Morgan fingerprint density at radius 2 is 1.69 bits per heavy atom. The molecule has 3 amide bonds. The first-order chi connectivity index (χ1) is 20.4. The number of benzene rings is 2. The fourth-order valence-corrected chi connectivity index (χ4v) is 7.31. The lowest BCUT2D eigenvalue weighted by Gasteiger charge is -2.38. The van der Waals surface area contributed by atoms with Gasteiger partial charge in [0.2, 0.25) is 11.8 Å². The summed E-state index contributed by atoms with van der Waals surface area (Å²) in [6, 6.07) is 15.8. The number of fused-ring (bicyclic) bond motifs is 3. The van der Waals surface area contributed by atoms with Crippen LogP contribution in [-0.4, -0.2) is 91.1 Å². The van der Waals surface area contributed by atoms with E-state index in [1.54, 1.807) is 14.5 Å². The van der Waals surface area contributed by atoms with Gasteiger partial charge in [0.15, 0.2) is 0 Å². The van der Waals surface area contributed by atoms with Gasteiger partial charge in [0.05, 0.1) is 29.6 Å². The van der Waals surface area contributed by atoms with E-state index >= 15 is 0 Å². The van der Waals surface area contributed by atoms with E-state index in [2.05, 4.69) is 10.3 Å². The summed E-state index contributed by atoms with van der Waals surface area (Å²) in [6.45, 7) is 2.27. The molecule has 5 atom stereocenters. The highest BCUT2D eigenvalue weighted by molar-refractivity contribution is 6.04. The minimum Gasteiger partial charge on any atom is -0.395 e. The normalized spacial score (nSPS) is 30.5. The fourth-order valence-electron chi connectivity index (χ4n) is 7.31. The highest BCUT2D eigenvalue weighted by Gasteiger charge is 2.75. The number of aliphatic hydroxyl groups excluding tert-OH is 1. The second kappa shape index (κ2) is 9.88. The number of rotatable bonds is 6. The first-order valence-corrected chi connectivity index (χ1v) is 14.3. The molecule has 2 saturated heterocycles. The van der Waals surface area contributed by atoms with E-state index in [9.17, 15) is 19.5 Å². The van der Waals surface area contributed by atoms with Gasteiger partial charge < -0.3 is 24.5 Å². The number of carbonyl (C=O) groups excluding carboxylic acids is 3. The number of anilines is 1. The first kappa shape index (κ1) is 26.5. The maximum Gasteiger partial charge on any atom is 0.250 e. The van der Waals surface area contributed by atoms with Gasteiger partial charge in [-0.15, -0.1) is 5.10 Å². The Hall–Kier alpha value is -4.35. The third kappa shape index (κ3) is 3.69. The number of hydrogen-bond acceptors (Lipinski definition) is 7. The van der Waals surface area contributed by atoms with Crippen molar-refractivity contribution in [1.29, 1.82) is 0 Å². The van der Waals surface area contributed by atoms with Crippen LogP contribution in [0.3, 0.4) is 0 Å². The number of nitrogens with zero attached hydrogens (tertiary/aromatic N) is 6. The molecule has 11 heteroatoms. The van der Waals surface area contributed by atoms with E-state index in [0.717, 1.165) is 11.2 Å². The molecule has 4 aliphatic heterocycles. The van der Waals surface area contributed by atoms with Crippen LogP contribution in [-0.2, 0) is 25.8 Å². The molecule has 11 nitrogen and oxygen atoms in total. The number of para-hydroxylation sites is 2. The van der Waals surface area contributed by atoms with Gasteiger partial charge in [0.25, 0.3) is 5.91 Å². The quantitative estimate of drug-likeness (QED) is 0.450. The van der Waals surface area contributed by atoms with Gasteiger partial charge in [-0.2, -0.15) is 0 Å². The number of carbonyl (C=O) groups is 3. The van der Waals surface area contributed by atoms with Crippen molar-refractivity contribution in [2.24, 2.45) is 11.8 Å². The summed E-state index contributed by atoms with van der Waals surface area (Å²) in [7, 11) is 0. The Morgan fingerprint density at radius 3 is 2.48 bits per heavy atom. The summed E-state index contributed by atoms with van der Waals surface area (Å²) < 4.78 is 8.61. The summed E-state index contributed by atoms with van der Waals surface area (Å²) in [4.78, 5) is 47.9. The van der Waals surface area contributed by atoms with Crippen LogP contribution in [0.5, 0.6) is 0 Å². The van der Waals surface area contributed by atoms with Crippen LogP contribution in [0.2, 0.25) is 0 Å². The molecule has 42 heavy (non-hydrogen) atoms. The van der Waals surface area contributed by atoms with Crippen molar-refractivity contribution < 1.29 is 24.2 Å². The Kier molecular flexibility index (Phi) is 6.25. The zero-order valence-electron chi connectivity index (χ0n) is 23.2. The molecule has 1 unspecified atom stereocenters. The van der Waals surface area contributed by atoms with E-state index in [1.807, 2.05) is 85.8 Å². The van der Waals surface area contributed by atoms with Crippen molar-refractivity contribution in [1.82, 2.24) is 24.8 Å². The van der Waals surface area contributed by atoms with Gasteiger partial charge in [-0.05, 0) is 30.7 Å². The van der Waals surface area contributed by atoms with Crippen LogP contribution in [0, 0.1) is 11.8 Å². The lowest BCUT2D eigenvalue weighted by Crippen LogP contribution is -2.56. The molecule has 3 aromatic rings. The van der Waals surface area contributed by atoms with Crippen LogP contribution >= 0.6 is 0 Å². The Morgan fingerprint density at radius 1 is 0.929 bits per heavy atom. The number of ether oxygens (including phenoxy) is 1. The number of likely N-dealkylation sites (tertiary alicyclic amines) is 1. The predicted octanol–water partition coefficient (Wildman–Crippen LogP) is 1.74. The zero-order valence-corrected chi connectivity index (χ0v) is 23.2. The summed E-state index contributed by atoms with van der Waals surface area (Å²) in [5.41, 5.74) is -0.244. The molecule has 1 aromatic heterocycles. The van der Waals surface area contributed by atoms with Gasteiger partial charge >= 0.3 is 0 Å². The number of aromatic nitrogens is 3. The molecule has 216 valence electrons. The molecule has 2 fully saturated rings. The topological polar surface area (TPSA) is 121 Å². The van der Waals surface area contributed by atoms with Gasteiger partial charge in [0, 0.05) is 25.3 Å². The second-order valence-corrected chi connectivity index (χ2v) is 11.2. The molecule has 1 spiro atoms. The Balaban J connectivity index is 1.31. The predicted molar refractivity (Wildman–Crippen MR) is 153 cm³/mol. The molecule has 1 N–H and O–H groups in total. The van der Waals surface area contributed by atoms with Crippen LogP contribution in [0.1, 0.15) is 13.3 Å². The standard InChI is InChI=1S/C31H32N6O5/c1-2-30-14-8-17-35(21-10-4-3-5-11-21)27(39)24(30)25-28(40)36(18-19-38)26-29(41)34(16-9-15-31(25,26)42-30)20-37-23-13-7-6-12-22(23)32-33-37/h3-15,24-26,38H,2,16-20H2,1H3/t24-,25-,26?,30+,31-/m0/s1. The molecule has 0 saturated carbocycles. The molecule has 0 radical (unpaired) electrons. The smallest absolute Gasteiger partial charge is 0.250 e. The second-order valence-electron chi connectivity index (χ2n) is 11.2. The van der Waals surface area contributed by atoms with Crippen LogP contribution < -0.4 is 4.90 Å². The molecule has 7 rings (SSSR count). The van der Waals surface area contributed by atoms with Crippen molar-refractivity contribution in [3.05, 3.63) is 78.9 Å². The number of β-amino-alcohol motifs (C(OH)–C–C–N with tert-alkyl or cyclic N) is 1. The average Bonchev–Trinajstić information content (AvgIpc) is 3.54. The zero-order chi connectivity index (χ0) is 29.1. The van der Waals surface area contributed by atoms with Crippen molar-refractivity contribution in [3.8, 4) is 0 Å². The molecule has 2 aromatic carbocycles. The van der Waals surface area contributed by atoms with Crippen LogP contribution in [0.15, 0.2) is 78.9 Å². The maximum atomic E-state index is 14.4. The van der Waals surface area contributed by atoms with E-state index in [4.69, 9.17) is 4.74 Å². The summed E-state index contributed by atoms with van der Waals surface area (Å²) in [6.07, 6.45) is 7.93. The van der Waals surface area contributed by atoms with Crippen molar-refractivity contribution in [2.45, 2.75) is 37.3 Å². The third-order valence-corrected chi connectivity index (χ3v) is 9.16. The van der Waals surface area contributed by atoms with Crippen LogP contribution in [0.25, 0.3) is 11.0 Å². The SMILES string of the molecule is CC[C@@]12C=CCN(c3ccccc3)C(=O)[C@@H]1[C@H]1C(=O)N(CCO)C3C(=O)N(Cn4nnc5ccccc54)CC=C[C@@]31O2. The Bertz CT molecular complexity index is 1620. The van der Waals surface area contributed by atoms with Gasteiger partial charge in [-0.3, -0.25) is 14.4 Å². The summed E-state index contributed by atoms with van der Waals surface area (Å²) in [5.74, 6) is -2.71. The minimum atomic E-state index is -1.39. The molecule has 4 aliphatic rings. The van der Waals surface area contributed by atoms with Gasteiger partial charge in [0.1, 0.15) is 23.8 Å². The molecular formula is C31H32N6O5. The fraction of sp³-hybridized carbons (Fsp3) is 0.387. The van der Waals surface area contributed by atoms with Crippen molar-refractivity contribution >= 4 is 34.4 Å². The molecule has 0 aliphatic carbocycles. The van der Waals surface area contributed by atoms with E-state index in [1.165, 1.54) is 4.90 Å². The number of hydrogen-bond donors (Lipinski definition) is 1. The molecule has 5 heterocycles. The maximum absolute atomic E-state index is 14.4. The number of aliphatic hydroxyl groups is 1. The van der Waals surface area contributed by atoms with E-state index in [0.29, 0.717) is 18.5 Å². The highest BCUT2D eigenvalue weighted by atomic mass is 16.5. The average molecular weight is 569 g/mol. The highest BCUT2D eigenvalue weighted by Crippen LogP contribution is 2.58. The van der Waals surface area contributed by atoms with Gasteiger partial charge in [-0.1, -0.05) is 66.8 Å². The van der Waals surface area contributed by atoms with Crippen molar-refractivity contribution in [3.63, 3.8) is 0 Å². The van der Waals surface area contributed by atoms with E-state index < -0.39 is 29.1 Å². The summed E-state index contributed by atoms with van der Waals surface area (Å²) >= 11 is 0. The van der Waals surface area contributed by atoms with Crippen molar-refractivity contribution in [2.75, 3.05) is 31.1 Å². The third-order valence-electron chi connectivity index (χ3n) is 9.16. The first-order valence-electron chi connectivity index (χ1n) is 14.3. The Labute approximate surface area is 242 Å².